The van der Waals surface area contributed by atoms with Gasteiger partial charge in [-0.05, 0) is 12.1 Å². The zero-order valence-electron chi connectivity index (χ0n) is 10.3. The Hall–Kier alpha value is -2.41. The molecule has 104 valence electrons. The number of hydrogen-bond donors (Lipinski definition) is 2. The van der Waals surface area contributed by atoms with Gasteiger partial charge in [-0.2, -0.15) is 0 Å². The van der Waals surface area contributed by atoms with Crippen LogP contribution in [0.1, 0.15) is 16.2 Å². The van der Waals surface area contributed by atoms with Gasteiger partial charge in [0.15, 0.2) is 0 Å². The molecule has 8 heteroatoms. The van der Waals surface area contributed by atoms with Gasteiger partial charge in [-0.3, -0.25) is 14.9 Å². The number of aromatic nitrogens is 2. The fraction of sp³-hybridized carbons (Fsp3) is 0.167. The molecule has 2 aromatic rings. The van der Waals surface area contributed by atoms with E-state index in [1.165, 1.54) is 12.1 Å². The molecule has 0 fully saturated rings. The van der Waals surface area contributed by atoms with Crippen molar-refractivity contribution in [3.05, 3.63) is 57.1 Å². The van der Waals surface area contributed by atoms with Gasteiger partial charge >= 0.3 is 0 Å². The topological polar surface area (TPSA) is 101 Å². The van der Waals surface area contributed by atoms with E-state index in [1.54, 1.807) is 12.4 Å². The summed E-state index contributed by atoms with van der Waals surface area (Å²) in [7, 11) is 0. The summed E-state index contributed by atoms with van der Waals surface area (Å²) in [6.07, 6.45) is 3.81. The Bertz CT molecular complexity index is 628. The zero-order chi connectivity index (χ0) is 14.5. The number of benzene rings is 1. The van der Waals surface area contributed by atoms with Crippen molar-refractivity contribution in [3.8, 4) is 0 Å². The molecule has 1 amide bonds. The summed E-state index contributed by atoms with van der Waals surface area (Å²) in [5, 5.41) is 13.7. The number of rotatable bonds is 5. The van der Waals surface area contributed by atoms with Crippen LogP contribution in [0.3, 0.4) is 0 Å². The van der Waals surface area contributed by atoms with E-state index >= 15 is 0 Å². The molecular formula is C12H11ClN4O3. The van der Waals surface area contributed by atoms with Crippen molar-refractivity contribution < 1.29 is 9.72 Å². The predicted octanol–water partition coefficient (Wildman–Crippen LogP) is 1.94. The second-order valence-electron chi connectivity index (χ2n) is 3.96. The first-order chi connectivity index (χ1) is 9.58. The Kier molecular flexibility index (Phi) is 4.31. The Morgan fingerprint density at radius 2 is 2.30 bits per heavy atom. The van der Waals surface area contributed by atoms with Crippen molar-refractivity contribution in [2.75, 3.05) is 6.54 Å². The largest absolute Gasteiger partial charge is 0.351 e. The van der Waals surface area contributed by atoms with E-state index in [1.807, 2.05) is 0 Å². The number of imidazole rings is 1. The summed E-state index contributed by atoms with van der Waals surface area (Å²) in [5.74, 6) is 0.218. The number of carbonyl (C=O) groups excluding carboxylic acids is 1. The van der Waals surface area contributed by atoms with Crippen LogP contribution in [-0.2, 0) is 6.42 Å². The van der Waals surface area contributed by atoms with Gasteiger partial charge in [0.25, 0.3) is 11.6 Å². The molecule has 1 aromatic heterocycles. The van der Waals surface area contributed by atoms with Gasteiger partial charge in [0.05, 0.1) is 4.92 Å². The number of halogens is 1. The van der Waals surface area contributed by atoms with E-state index in [9.17, 15) is 14.9 Å². The molecule has 0 spiro atoms. The van der Waals surface area contributed by atoms with E-state index in [4.69, 9.17) is 11.6 Å². The molecule has 0 saturated heterocycles. The number of amides is 1. The summed E-state index contributed by atoms with van der Waals surface area (Å²) in [4.78, 5) is 29.1. The average Bonchev–Trinajstić information content (AvgIpc) is 2.91. The Labute approximate surface area is 119 Å². The molecule has 0 aliphatic heterocycles. The van der Waals surface area contributed by atoms with Crippen LogP contribution in [0.4, 0.5) is 5.69 Å². The molecule has 0 aliphatic rings. The highest BCUT2D eigenvalue weighted by Gasteiger charge is 2.20. The number of carbonyl (C=O) groups is 1. The third-order valence-corrected chi connectivity index (χ3v) is 2.84. The van der Waals surface area contributed by atoms with Crippen LogP contribution in [0.5, 0.6) is 0 Å². The van der Waals surface area contributed by atoms with Gasteiger partial charge in [0.1, 0.15) is 11.4 Å². The van der Waals surface area contributed by atoms with Crippen LogP contribution in [0, 0.1) is 10.1 Å². The van der Waals surface area contributed by atoms with Gasteiger partial charge in [-0.1, -0.05) is 11.6 Å². The van der Waals surface area contributed by atoms with E-state index < -0.39 is 10.8 Å². The van der Waals surface area contributed by atoms with E-state index in [0.29, 0.717) is 13.0 Å². The number of nitro benzene ring substituents is 1. The van der Waals surface area contributed by atoms with Crippen molar-refractivity contribution in [3.63, 3.8) is 0 Å². The smallest absolute Gasteiger partial charge is 0.283 e. The fourth-order valence-corrected chi connectivity index (χ4v) is 1.84. The van der Waals surface area contributed by atoms with Gasteiger partial charge in [-0.15, -0.1) is 0 Å². The standard InChI is InChI=1S/C12H11ClN4O3/c13-8-1-2-9(10(7-8)17(19)20)12(18)16-4-3-11-14-5-6-15-11/h1-2,5-7H,3-4H2,(H,14,15)(H,16,18). The van der Waals surface area contributed by atoms with Crippen LogP contribution < -0.4 is 5.32 Å². The van der Waals surface area contributed by atoms with Gasteiger partial charge in [0.2, 0.25) is 0 Å². The number of aromatic amines is 1. The van der Waals surface area contributed by atoms with Crippen molar-refractivity contribution in [1.82, 2.24) is 15.3 Å². The lowest BCUT2D eigenvalue weighted by Gasteiger charge is -2.05. The van der Waals surface area contributed by atoms with Crippen LogP contribution in [0.25, 0.3) is 0 Å². The molecule has 0 unspecified atom stereocenters. The molecular weight excluding hydrogens is 284 g/mol. The van der Waals surface area contributed by atoms with Crippen LogP contribution in [-0.4, -0.2) is 27.3 Å². The maximum atomic E-state index is 11.9. The number of H-pyrrole nitrogens is 1. The quantitative estimate of drug-likeness (QED) is 0.650. The number of hydrogen-bond acceptors (Lipinski definition) is 4. The first-order valence-electron chi connectivity index (χ1n) is 5.78. The minimum Gasteiger partial charge on any atom is -0.351 e. The Balaban J connectivity index is 2.03. The van der Waals surface area contributed by atoms with Crippen molar-refractivity contribution in [2.24, 2.45) is 0 Å². The second kappa shape index (κ2) is 6.16. The summed E-state index contributed by atoms with van der Waals surface area (Å²) in [6, 6.07) is 3.93. The normalized spacial score (nSPS) is 10.2. The van der Waals surface area contributed by atoms with E-state index in [2.05, 4.69) is 15.3 Å². The third kappa shape index (κ3) is 3.33. The molecule has 20 heavy (non-hydrogen) atoms. The van der Waals surface area contributed by atoms with Gasteiger partial charge in [-0.25, -0.2) is 4.98 Å². The lowest BCUT2D eigenvalue weighted by atomic mass is 10.1. The van der Waals surface area contributed by atoms with Crippen molar-refractivity contribution >= 4 is 23.2 Å². The first kappa shape index (κ1) is 14.0. The monoisotopic (exact) mass is 294 g/mol. The lowest BCUT2D eigenvalue weighted by molar-refractivity contribution is -0.385. The molecule has 1 heterocycles. The third-order valence-electron chi connectivity index (χ3n) is 2.60. The first-order valence-corrected chi connectivity index (χ1v) is 6.16. The van der Waals surface area contributed by atoms with Crippen LogP contribution >= 0.6 is 11.6 Å². The molecule has 0 bridgehead atoms. The molecule has 2 rings (SSSR count). The van der Waals surface area contributed by atoms with E-state index in [-0.39, 0.29) is 16.3 Å². The highest BCUT2D eigenvalue weighted by atomic mass is 35.5. The average molecular weight is 295 g/mol. The minimum absolute atomic E-state index is 0.0150. The number of nitrogens with one attached hydrogen (secondary N) is 2. The SMILES string of the molecule is O=C(NCCc1ncc[nH]1)c1ccc(Cl)cc1[N+](=O)[O-]. The zero-order valence-corrected chi connectivity index (χ0v) is 11.1. The maximum Gasteiger partial charge on any atom is 0.283 e. The van der Waals surface area contributed by atoms with E-state index in [0.717, 1.165) is 11.9 Å². The Morgan fingerprint density at radius 3 is 2.95 bits per heavy atom. The molecule has 7 nitrogen and oxygen atoms in total. The molecule has 0 saturated carbocycles. The molecule has 2 N–H and O–H groups in total. The summed E-state index contributed by atoms with van der Waals surface area (Å²) in [6.45, 7) is 0.326. The number of nitrogens with zero attached hydrogens (tertiary/aromatic N) is 2. The second-order valence-corrected chi connectivity index (χ2v) is 4.40. The Morgan fingerprint density at radius 1 is 1.50 bits per heavy atom. The molecule has 1 aromatic carbocycles. The summed E-state index contributed by atoms with van der Waals surface area (Å²) >= 11 is 5.69. The van der Waals surface area contributed by atoms with Gasteiger partial charge in [0, 0.05) is 36.4 Å². The van der Waals surface area contributed by atoms with Crippen LogP contribution in [0.15, 0.2) is 30.6 Å². The van der Waals surface area contributed by atoms with Gasteiger partial charge < -0.3 is 10.3 Å². The van der Waals surface area contributed by atoms with Crippen LogP contribution in [0.2, 0.25) is 5.02 Å². The maximum absolute atomic E-state index is 11.9. The molecule has 0 radical (unpaired) electrons. The predicted molar refractivity (Wildman–Crippen MR) is 72.7 cm³/mol. The highest BCUT2D eigenvalue weighted by Crippen LogP contribution is 2.22. The molecule has 0 aliphatic carbocycles. The summed E-state index contributed by atoms with van der Waals surface area (Å²) < 4.78 is 0. The lowest BCUT2D eigenvalue weighted by Crippen LogP contribution is -2.26. The number of nitro groups is 1. The summed E-state index contributed by atoms with van der Waals surface area (Å²) in [5.41, 5.74) is -0.327. The highest BCUT2D eigenvalue weighted by molar-refractivity contribution is 6.31. The fourth-order valence-electron chi connectivity index (χ4n) is 1.67. The van der Waals surface area contributed by atoms with Crippen molar-refractivity contribution in [2.45, 2.75) is 6.42 Å². The van der Waals surface area contributed by atoms with Crippen molar-refractivity contribution in [1.29, 1.82) is 0 Å². The minimum atomic E-state index is -0.632. The molecule has 0 atom stereocenters.